The molecule has 1 aromatic rings. The predicted molar refractivity (Wildman–Crippen MR) is 90.8 cm³/mol. The number of hydrogen-bond donors (Lipinski definition) is 0. The van der Waals surface area contributed by atoms with Crippen LogP contribution in [0.5, 0.6) is 0 Å². The second-order valence-electron chi connectivity index (χ2n) is 5.99. The summed E-state index contributed by atoms with van der Waals surface area (Å²) in [6.07, 6.45) is 0.542. The number of nitrogens with zero attached hydrogens (tertiary/aromatic N) is 3. The highest BCUT2D eigenvalue weighted by Gasteiger charge is 2.20. The highest BCUT2D eigenvalue weighted by molar-refractivity contribution is 5.76. The third-order valence-electron chi connectivity index (χ3n) is 4.41. The van der Waals surface area contributed by atoms with Crippen molar-refractivity contribution in [2.24, 2.45) is 0 Å². The van der Waals surface area contributed by atoms with E-state index in [2.05, 4.69) is 17.0 Å². The smallest absolute Gasteiger partial charge is 0.224 e. The first-order valence-electron chi connectivity index (χ1n) is 8.39. The van der Waals surface area contributed by atoms with Gasteiger partial charge in [0.25, 0.3) is 0 Å². The van der Waals surface area contributed by atoms with E-state index in [-0.39, 0.29) is 11.8 Å². The lowest BCUT2D eigenvalue weighted by atomic mass is 10.2. The Morgan fingerprint density at radius 1 is 1.09 bits per heavy atom. The van der Waals surface area contributed by atoms with Gasteiger partial charge >= 0.3 is 0 Å². The molecule has 0 atom stereocenters. The summed E-state index contributed by atoms with van der Waals surface area (Å²) in [6, 6.07) is 10.1. The van der Waals surface area contributed by atoms with Crippen molar-refractivity contribution in [1.29, 1.82) is 0 Å². The number of benzene rings is 1. The molecule has 2 amide bonds. The van der Waals surface area contributed by atoms with Crippen LogP contribution in [0.25, 0.3) is 0 Å². The maximum atomic E-state index is 12.4. The zero-order chi connectivity index (χ0) is 16.7. The average molecular weight is 317 g/mol. The molecular formula is C18H27N3O2. The van der Waals surface area contributed by atoms with Gasteiger partial charge in [-0.1, -0.05) is 30.3 Å². The largest absolute Gasteiger partial charge is 0.340 e. The molecule has 1 aliphatic heterocycles. The van der Waals surface area contributed by atoms with Crippen LogP contribution in [0.2, 0.25) is 0 Å². The molecule has 0 saturated carbocycles. The second kappa shape index (κ2) is 8.67. The predicted octanol–water partition coefficient (Wildman–Crippen LogP) is 1.59. The van der Waals surface area contributed by atoms with Gasteiger partial charge in [-0.15, -0.1) is 0 Å². The fourth-order valence-electron chi connectivity index (χ4n) is 2.88. The van der Waals surface area contributed by atoms with Gasteiger partial charge in [0.2, 0.25) is 11.8 Å². The molecule has 0 aromatic heterocycles. The van der Waals surface area contributed by atoms with Gasteiger partial charge in [-0.05, 0) is 12.5 Å². The first-order valence-corrected chi connectivity index (χ1v) is 8.39. The molecule has 1 fully saturated rings. The minimum absolute atomic E-state index is 0.140. The van der Waals surface area contributed by atoms with Crippen LogP contribution in [0.1, 0.15) is 25.8 Å². The van der Waals surface area contributed by atoms with Gasteiger partial charge < -0.3 is 9.80 Å². The van der Waals surface area contributed by atoms with Crippen molar-refractivity contribution in [3.63, 3.8) is 0 Å². The monoisotopic (exact) mass is 317 g/mol. The van der Waals surface area contributed by atoms with Crippen molar-refractivity contribution in [3.05, 3.63) is 35.9 Å². The van der Waals surface area contributed by atoms with E-state index in [1.54, 1.807) is 6.92 Å². The molecule has 1 saturated heterocycles. The van der Waals surface area contributed by atoms with Gasteiger partial charge in [0.15, 0.2) is 0 Å². The number of piperazine rings is 1. The summed E-state index contributed by atoms with van der Waals surface area (Å²) in [5.74, 6) is 0.339. The molecule has 5 heteroatoms. The van der Waals surface area contributed by atoms with Crippen molar-refractivity contribution in [1.82, 2.24) is 14.7 Å². The van der Waals surface area contributed by atoms with Crippen LogP contribution >= 0.6 is 0 Å². The summed E-state index contributed by atoms with van der Waals surface area (Å²) in [5, 5.41) is 0. The number of carbonyl (C=O) groups excluding carboxylic acids is 2. The van der Waals surface area contributed by atoms with E-state index < -0.39 is 0 Å². The molecule has 0 aliphatic carbocycles. The average Bonchev–Trinajstić information content (AvgIpc) is 2.58. The summed E-state index contributed by atoms with van der Waals surface area (Å²) in [7, 11) is 0. The van der Waals surface area contributed by atoms with Gasteiger partial charge in [0, 0.05) is 59.2 Å². The normalized spacial score (nSPS) is 15.5. The van der Waals surface area contributed by atoms with Crippen molar-refractivity contribution in [2.75, 3.05) is 39.3 Å². The molecule has 0 unspecified atom stereocenters. The van der Waals surface area contributed by atoms with Gasteiger partial charge in [0.1, 0.15) is 0 Å². The molecule has 1 heterocycles. The van der Waals surface area contributed by atoms with Crippen molar-refractivity contribution >= 4 is 11.8 Å². The van der Waals surface area contributed by atoms with Gasteiger partial charge in [-0.2, -0.15) is 0 Å². The number of hydrogen-bond acceptors (Lipinski definition) is 3. The third-order valence-corrected chi connectivity index (χ3v) is 4.41. The molecule has 126 valence electrons. The Morgan fingerprint density at radius 2 is 1.74 bits per heavy atom. The van der Waals surface area contributed by atoms with E-state index in [9.17, 15) is 9.59 Å². The lowest BCUT2D eigenvalue weighted by Crippen LogP contribution is -2.48. The van der Waals surface area contributed by atoms with Crippen molar-refractivity contribution < 1.29 is 9.59 Å². The molecule has 0 N–H and O–H groups in total. The van der Waals surface area contributed by atoms with Gasteiger partial charge in [0.05, 0.1) is 0 Å². The van der Waals surface area contributed by atoms with Crippen LogP contribution in [-0.2, 0) is 16.1 Å². The number of rotatable bonds is 6. The number of amides is 2. The van der Waals surface area contributed by atoms with Crippen LogP contribution in [0.15, 0.2) is 30.3 Å². The Bertz CT molecular complexity index is 510. The fraction of sp³-hybridized carbons (Fsp3) is 0.556. The van der Waals surface area contributed by atoms with Crippen molar-refractivity contribution in [3.8, 4) is 0 Å². The van der Waals surface area contributed by atoms with Gasteiger partial charge in [-0.25, -0.2) is 0 Å². The van der Waals surface area contributed by atoms with Crippen LogP contribution in [0.4, 0.5) is 0 Å². The zero-order valence-electron chi connectivity index (χ0n) is 14.2. The maximum absolute atomic E-state index is 12.4. The lowest BCUT2D eigenvalue weighted by molar-refractivity contribution is -0.133. The number of carbonyl (C=O) groups is 2. The topological polar surface area (TPSA) is 43.9 Å². The van der Waals surface area contributed by atoms with Crippen LogP contribution in [-0.4, -0.2) is 65.8 Å². The first kappa shape index (κ1) is 17.5. The zero-order valence-corrected chi connectivity index (χ0v) is 14.2. The second-order valence-corrected chi connectivity index (χ2v) is 5.99. The summed E-state index contributed by atoms with van der Waals surface area (Å²) in [6.45, 7) is 9.07. The lowest BCUT2D eigenvalue weighted by Gasteiger charge is -2.34. The highest BCUT2D eigenvalue weighted by Crippen LogP contribution is 2.08. The molecule has 0 radical (unpaired) electrons. The van der Waals surface area contributed by atoms with Crippen LogP contribution in [0.3, 0.4) is 0 Å². The Labute approximate surface area is 138 Å². The summed E-state index contributed by atoms with van der Waals surface area (Å²) >= 11 is 0. The minimum atomic E-state index is 0.140. The van der Waals surface area contributed by atoms with E-state index in [4.69, 9.17) is 0 Å². The Kier molecular flexibility index (Phi) is 6.59. The van der Waals surface area contributed by atoms with Crippen molar-refractivity contribution in [2.45, 2.75) is 26.8 Å². The molecule has 1 aliphatic rings. The standard InChI is InChI=1S/C18H27N3O2/c1-3-20(15-17-7-5-4-6-8-17)18(23)9-10-19-11-13-21(14-12-19)16(2)22/h4-8H,3,9-15H2,1-2H3. The first-order chi connectivity index (χ1) is 11.1. The molecule has 0 bridgehead atoms. The quantitative estimate of drug-likeness (QED) is 0.800. The maximum Gasteiger partial charge on any atom is 0.224 e. The van der Waals surface area contributed by atoms with Crippen LogP contribution < -0.4 is 0 Å². The molecule has 5 nitrogen and oxygen atoms in total. The highest BCUT2D eigenvalue weighted by atomic mass is 16.2. The summed E-state index contributed by atoms with van der Waals surface area (Å²) < 4.78 is 0. The van der Waals surface area contributed by atoms with E-state index in [0.717, 1.165) is 44.8 Å². The van der Waals surface area contributed by atoms with Crippen LogP contribution in [0, 0.1) is 0 Å². The fourth-order valence-corrected chi connectivity index (χ4v) is 2.88. The molecule has 23 heavy (non-hydrogen) atoms. The molecular weight excluding hydrogens is 290 g/mol. The molecule has 0 spiro atoms. The van der Waals surface area contributed by atoms with Gasteiger partial charge in [-0.3, -0.25) is 14.5 Å². The third kappa shape index (κ3) is 5.36. The minimum Gasteiger partial charge on any atom is -0.340 e. The summed E-state index contributed by atoms with van der Waals surface area (Å²) in [4.78, 5) is 29.8. The van der Waals surface area contributed by atoms with E-state index in [0.29, 0.717) is 13.0 Å². The Balaban J connectivity index is 1.76. The van der Waals surface area contributed by atoms with E-state index in [1.165, 1.54) is 0 Å². The molecule has 1 aromatic carbocycles. The Hall–Kier alpha value is -1.88. The summed E-state index contributed by atoms with van der Waals surface area (Å²) in [5.41, 5.74) is 1.16. The SMILES string of the molecule is CCN(Cc1ccccc1)C(=O)CCN1CCN(C(C)=O)CC1. The Morgan fingerprint density at radius 3 is 2.30 bits per heavy atom. The van der Waals surface area contributed by atoms with E-state index >= 15 is 0 Å². The molecule has 2 rings (SSSR count). The van der Waals surface area contributed by atoms with E-state index in [1.807, 2.05) is 34.9 Å².